The van der Waals surface area contributed by atoms with Gasteiger partial charge in [-0.25, -0.2) is 0 Å². The van der Waals surface area contributed by atoms with Gasteiger partial charge in [0, 0.05) is 12.8 Å². The van der Waals surface area contributed by atoms with Gasteiger partial charge in [0.1, 0.15) is 31.0 Å². The molecule has 0 spiro atoms. The predicted molar refractivity (Wildman–Crippen MR) is 261 cm³/mol. The van der Waals surface area contributed by atoms with Crippen molar-refractivity contribution in [2.24, 2.45) is 0 Å². The summed E-state index contributed by atoms with van der Waals surface area (Å²) in [5, 5.41) is 40.2. The molecule has 1 aliphatic heterocycles. The molecule has 1 rings (SSSR count). The summed E-state index contributed by atoms with van der Waals surface area (Å²) < 4.78 is 22.3. The molecule has 0 aliphatic carbocycles. The second-order valence-corrected chi connectivity index (χ2v) is 18.7. The molecule has 6 atom stereocenters. The third-order valence-electron chi connectivity index (χ3n) is 12.6. The fourth-order valence-electron chi connectivity index (χ4n) is 8.34. The quantitative estimate of drug-likeness (QED) is 0.0264. The summed E-state index contributed by atoms with van der Waals surface area (Å²) >= 11 is 0. The molecule has 1 fully saturated rings. The standard InChI is InChI=1S/C54H100O10/c1-3-5-7-9-11-13-15-17-19-21-23-25-26-28-30-32-34-36-38-40-42-49(56)61-45-47(46-62-54-53(60)52(59)51(58)48(44-55)64-54)63-50(57)43-41-39-37-35-33-31-29-27-24-22-20-18-16-14-12-10-8-6-4-2/h12,14,18,20,47-48,51-55,58-60H,3-11,13,15-17,19,21-46H2,1-2H3/b14-12+,20-18+/t47-,48-,51+,52?,53?,54-/m0/s1. The fourth-order valence-corrected chi connectivity index (χ4v) is 8.34. The maximum absolute atomic E-state index is 12.8. The minimum absolute atomic E-state index is 0.214. The number of ether oxygens (including phenoxy) is 4. The van der Waals surface area contributed by atoms with Crippen LogP contribution in [0.3, 0.4) is 0 Å². The molecule has 4 N–H and O–H groups in total. The van der Waals surface area contributed by atoms with Gasteiger partial charge in [0.25, 0.3) is 0 Å². The van der Waals surface area contributed by atoms with E-state index in [9.17, 15) is 30.0 Å². The normalized spacial score (nSPS) is 19.5. The molecular formula is C54H100O10. The molecular weight excluding hydrogens is 809 g/mol. The minimum atomic E-state index is -1.59. The number of rotatable bonds is 46. The second kappa shape index (κ2) is 45.0. The highest BCUT2D eigenvalue weighted by Crippen LogP contribution is 2.23. The van der Waals surface area contributed by atoms with E-state index in [1.165, 1.54) is 167 Å². The molecule has 376 valence electrons. The Balaban J connectivity index is 2.23. The second-order valence-electron chi connectivity index (χ2n) is 18.7. The van der Waals surface area contributed by atoms with Gasteiger partial charge < -0.3 is 39.4 Å². The first-order valence-electron chi connectivity index (χ1n) is 26.9. The maximum atomic E-state index is 12.8. The van der Waals surface area contributed by atoms with Crippen molar-refractivity contribution < 1.29 is 49.0 Å². The lowest BCUT2D eigenvalue weighted by Gasteiger charge is -2.39. The van der Waals surface area contributed by atoms with Crippen LogP contribution in [0.2, 0.25) is 0 Å². The third kappa shape index (κ3) is 35.4. The molecule has 1 aliphatic rings. The van der Waals surface area contributed by atoms with Crippen LogP contribution in [-0.4, -0.2) is 89.0 Å². The zero-order chi connectivity index (χ0) is 46.6. The highest BCUT2D eigenvalue weighted by atomic mass is 16.7. The molecule has 0 amide bonds. The van der Waals surface area contributed by atoms with Gasteiger partial charge >= 0.3 is 11.9 Å². The van der Waals surface area contributed by atoms with Crippen LogP contribution in [0.25, 0.3) is 0 Å². The molecule has 1 saturated heterocycles. The van der Waals surface area contributed by atoms with Gasteiger partial charge in [-0.15, -0.1) is 0 Å². The fraction of sp³-hybridized carbons (Fsp3) is 0.889. The van der Waals surface area contributed by atoms with E-state index in [0.717, 1.165) is 51.4 Å². The lowest BCUT2D eigenvalue weighted by atomic mass is 9.99. The van der Waals surface area contributed by atoms with Crippen LogP contribution in [0, 0.1) is 0 Å². The number of esters is 2. The summed E-state index contributed by atoms with van der Waals surface area (Å²) in [6, 6.07) is 0. The van der Waals surface area contributed by atoms with Crippen molar-refractivity contribution in [2.45, 2.75) is 288 Å². The summed E-state index contributed by atoms with van der Waals surface area (Å²) in [6.07, 6.45) is 44.7. The van der Waals surface area contributed by atoms with Gasteiger partial charge in [0.2, 0.25) is 0 Å². The molecule has 10 heteroatoms. The Morgan fingerprint density at radius 2 is 0.875 bits per heavy atom. The van der Waals surface area contributed by atoms with Gasteiger partial charge in [-0.1, -0.05) is 218 Å². The van der Waals surface area contributed by atoms with E-state index in [1.807, 2.05) is 0 Å². The molecule has 1 heterocycles. The predicted octanol–water partition coefficient (Wildman–Crippen LogP) is 12.8. The monoisotopic (exact) mass is 909 g/mol. The van der Waals surface area contributed by atoms with Crippen LogP contribution in [0.1, 0.15) is 251 Å². The lowest BCUT2D eigenvalue weighted by Crippen LogP contribution is -2.59. The SMILES string of the molecule is CCCCC/C=C/C/C=C/CCCCCCCCCCCC(=O)O[C@@H](COC(=O)CCCCCCCCCCCCCCCCCCCCCC)CO[C@H]1O[C@@H](CO)[C@@H](O)C(O)C1O. The number of allylic oxidation sites excluding steroid dienone is 4. The summed E-state index contributed by atoms with van der Waals surface area (Å²) in [6.45, 7) is 3.44. The Hall–Kier alpha value is -1.82. The van der Waals surface area contributed by atoms with Gasteiger partial charge in [0.15, 0.2) is 12.4 Å². The maximum Gasteiger partial charge on any atom is 0.306 e. The zero-order valence-corrected chi connectivity index (χ0v) is 41.3. The van der Waals surface area contributed by atoms with Crippen molar-refractivity contribution in [1.29, 1.82) is 0 Å². The Bertz CT molecular complexity index is 1100. The lowest BCUT2D eigenvalue weighted by molar-refractivity contribution is -0.305. The van der Waals surface area contributed by atoms with Crippen molar-refractivity contribution in [3.8, 4) is 0 Å². The van der Waals surface area contributed by atoms with E-state index < -0.39 is 49.4 Å². The number of aliphatic hydroxyl groups excluding tert-OH is 4. The minimum Gasteiger partial charge on any atom is -0.462 e. The van der Waals surface area contributed by atoms with E-state index in [1.54, 1.807) is 0 Å². The Labute approximate surface area is 392 Å². The van der Waals surface area contributed by atoms with Crippen molar-refractivity contribution >= 4 is 11.9 Å². The van der Waals surface area contributed by atoms with E-state index in [2.05, 4.69) is 38.2 Å². The van der Waals surface area contributed by atoms with Crippen molar-refractivity contribution in [3.05, 3.63) is 24.3 Å². The van der Waals surface area contributed by atoms with Crippen LogP contribution in [0.5, 0.6) is 0 Å². The van der Waals surface area contributed by atoms with Crippen LogP contribution in [0.15, 0.2) is 24.3 Å². The van der Waals surface area contributed by atoms with E-state index in [4.69, 9.17) is 18.9 Å². The third-order valence-corrected chi connectivity index (χ3v) is 12.6. The zero-order valence-electron chi connectivity index (χ0n) is 41.3. The van der Waals surface area contributed by atoms with Gasteiger partial charge in [-0.05, 0) is 44.9 Å². The molecule has 0 radical (unpaired) electrons. The molecule has 0 aromatic rings. The number of aliphatic hydroxyl groups is 4. The van der Waals surface area contributed by atoms with E-state index in [-0.39, 0.29) is 32.0 Å². The molecule has 0 bridgehead atoms. The van der Waals surface area contributed by atoms with Crippen molar-refractivity contribution in [3.63, 3.8) is 0 Å². The number of hydrogen-bond acceptors (Lipinski definition) is 10. The first-order valence-corrected chi connectivity index (χ1v) is 26.9. The first kappa shape index (κ1) is 60.2. The summed E-state index contributed by atoms with van der Waals surface area (Å²) in [5.74, 6) is -0.797. The first-order chi connectivity index (χ1) is 31.3. The summed E-state index contributed by atoms with van der Waals surface area (Å²) in [5.41, 5.74) is 0. The van der Waals surface area contributed by atoms with Crippen LogP contribution >= 0.6 is 0 Å². The average molecular weight is 909 g/mol. The topological polar surface area (TPSA) is 152 Å². The Morgan fingerprint density at radius 3 is 1.33 bits per heavy atom. The Kier molecular flexibility index (Phi) is 42.3. The Morgan fingerprint density at radius 1 is 0.484 bits per heavy atom. The average Bonchev–Trinajstić information content (AvgIpc) is 3.29. The van der Waals surface area contributed by atoms with Crippen LogP contribution < -0.4 is 0 Å². The summed E-state index contributed by atoms with van der Waals surface area (Å²) in [7, 11) is 0. The highest BCUT2D eigenvalue weighted by Gasteiger charge is 2.44. The number of hydrogen-bond donors (Lipinski definition) is 4. The van der Waals surface area contributed by atoms with Crippen LogP contribution in [0.4, 0.5) is 0 Å². The number of carbonyl (C=O) groups excluding carboxylic acids is 2. The molecule has 10 nitrogen and oxygen atoms in total. The van der Waals surface area contributed by atoms with Gasteiger partial charge in [0.05, 0.1) is 13.2 Å². The smallest absolute Gasteiger partial charge is 0.306 e. The number of carbonyl (C=O) groups is 2. The highest BCUT2D eigenvalue weighted by molar-refractivity contribution is 5.70. The van der Waals surface area contributed by atoms with Gasteiger partial charge in [-0.3, -0.25) is 9.59 Å². The van der Waals surface area contributed by atoms with Crippen molar-refractivity contribution in [2.75, 3.05) is 19.8 Å². The van der Waals surface area contributed by atoms with Crippen LogP contribution in [-0.2, 0) is 28.5 Å². The molecule has 64 heavy (non-hydrogen) atoms. The van der Waals surface area contributed by atoms with E-state index >= 15 is 0 Å². The largest absolute Gasteiger partial charge is 0.462 e. The van der Waals surface area contributed by atoms with Gasteiger partial charge in [-0.2, -0.15) is 0 Å². The molecule has 2 unspecified atom stereocenters. The number of unbranched alkanes of at least 4 members (excludes halogenated alkanes) is 31. The van der Waals surface area contributed by atoms with Crippen molar-refractivity contribution in [1.82, 2.24) is 0 Å². The molecule has 0 saturated carbocycles. The van der Waals surface area contributed by atoms with E-state index in [0.29, 0.717) is 6.42 Å². The summed E-state index contributed by atoms with van der Waals surface area (Å²) in [4.78, 5) is 25.5. The molecule has 0 aromatic heterocycles. The molecule has 0 aromatic carbocycles.